The third-order valence-corrected chi connectivity index (χ3v) is 2.19. The number of aliphatic hydroxyl groups is 1. The van der Waals surface area contributed by atoms with Crippen LogP contribution < -0.4 is 14.8 Å². The van der Waals surface area contributed by atoms with Crippen LogP contribution in [0.4, 0.5) is 5.95 Å². The van der Waals surface area contributed by atoms with Crippen molar-refractivity contribution in [2.45, 2.75) is 13.3 Å². The van der Waals surface area contributed by atoms with Gasteiger partial charge in [-0.25, -0.2) is 0 Å². The molecule has 0 bridgehead atoms. The molecule has 96 valence electrons. The first kappa shape index (κ1) is 13.4. The van der Waals surface area contributed by atoms with Crippen molar-refractivity contribution in [1.82, 2.24) is 15.0 Å². The summed E-state index contributed by atoms with van der Waals surface area (Å²) in [5.74, 6) is 0.729. The van der Waals surface area contributed by atoms with Gasteiger partial charge in [-0.15, -0.1) is 4.98 Å². The molecule has 2 N–H and O–H groups in total. The Balaban J connectivity index is 2.63. The molecular weight excluding hydrogens is 224 g/mol. The number of nitrogens with zero attached hydrogens (tertiary/aromatic N) is 3. The standard InChI is InChI=1S/C10H18N4O3/c1-7(4-5-15)6-11-8-12-9(16-2)14-10(13-8)17-3/h7,15H,4-6H2,1-3H3,(H,11,12,13,14). The summed E-state index contributed by atoms with van der Waals surface area (Å²) in [5.41, 5.74) is 0. The number of ether oxygens (including phenoxy) is 2. The van der Waals surface area contributed by atoms with Crippen molar-refractivity contribution in [2.24, 2.45) is 5.92 Å². The Morgan fingerprint density at radius 2 is 1.76 bits per heavy atom. The Hall–Kier alpha value is -1.63. The number of anilines is 1. The summed E-state index contributed by atoms with van der Waals surface area (Å²) in [6, 6.07) is 0.406. The summed E-state index contributed by atoms with van der Waals surface area (Å²) in [5, 5.41) is 11.8. The average molecular weight is 242 g/mol. The second-order valence-electron chi connectivity index (χ2n) is 3.63. The highest BCUT2D eigenvalue weighted by Gasteiger charge is 2.08. The van der Waals surface area contributed by atoms with Gasteiger partial charge in [0, 0.05) is 13.2 Å². The minimum Gasteiger partial charge on any atom is -0.467 e. The molecule has 0 spiro atoms. The first-order valence-corrected chi connectivity index (χ1v) is 5.38. The molecule has 0 saturated carbocycles. The van der Waals surface area contributed by atoms with Gasteiger partial charge in [-0.3, -0.25) is 0 Å². The molecule has 0 radical (unpaired) electrons. The van der Waals surface area contributed by atoms with Crippen LogP contribution in [0.3, 0.4) is 0 Å². The van der Waals surface area contributed by atoms with E-state index in [0.29, 0.717) is 18.4 Å². The molecule has 0 aliphatic rings. The lowest BCUT2D eigenvalue weighted by atomic mass is 10.1. The van der Waals surface area contributed by atoms with Crippen molar-refractivity contribution in [2.75, 3.05) is 32.7 Å². The Kier molecular flexibility index (Phi) is 5.41. The van der Waals surface area contributed by atoms with Gasteiger partial charge >= 0.3 is 12.0 Å². The van der Waals surface area contributed by atoms with Gasteiger partial charge < -0.3 is 19.9 Å². The minimum absolute atomic E-state index is 0.173. The van der Waals surface area contributed by atoms with Gasteiger partial charge in [-0.05, 0) is 12.3 Å². The minimum atomic E-state index is 0.173. The van der Waals surface area contributed by atoms with E-state index in [1.165, 1.54) is 14.2 Å². The Morgan fingerprint density at radius 3 is 2.24 bits per heavy atom. The molecule has 1 unspecified atom stereocenters. The van der Waals surface area contributed by atoms with Crippen LogP contribution in [0.2, 0.25) is 0 Å². The molecule has 17 heavy (non-hydrogen) atoms. The highest BCUT2D eigenvalue weighted by molar-refractivity contribution is 5.27. The molecule has 0 aromatic carbocycles. The van der Waals surface area contributed by atoms with Gasteiger partial charge in [0.2, 0.25) is 5.95 Å². The van der Waals surface area contributed by atoms with Crippen molar-refractivity contribution in [3.8, 4) is 12.0 Å². The van der Waals surface area contributed by atoms with E-state index >= 15 is 0 Å². The van der Waals surface area contributed by atoms with Crippen molar-refractivity contribution < 1.29 is 14.6 Å². The average Bonchev–Trinajstić information content (AvgIpc) is 2.36. The normalized spacial score (nSPS) is 12.0. The van der Waals surface area contributed by atoms with E-state index in [-0.39, 0.29) is 18.6 Å². The van der Waals surface area contributed by atoms with Crippen LogP contribution in [0.5, 0.6) is 12.0 Å². The van der Waals surface area contributed by atoms with E-state index in [1.54, 1.807) is 0 Å². The number of rotatable bonds is 7. The van der Waals surface area contributed by atoms with Crippen molar-refractivity contribution in [3.05, 3.63) is 0 Å². The molecule has 1 heterocycles. The quantitative estimate of drug-likeness (QED) is 0.711. The van der Waals surface area contributed by atoms with Gasteiger partial charge in [-0.2, -0.15) is 9.97 Å². The first-order chi connectivity index (χ1) is 8.19. The Bertz CT molecular complexity index is 326. The second-order valence-corrected chi connectivity index (χ2v) is 3.63. The lowest BCUT2D eigenvalue weighted by Gasteiger charge is -2.11. The predicted molar refractivity (Wildman–Crippen MR) is 62.3 cm³/mol. The van der Waals surface area contributed by atoms with Gasteiger partial charge in [0.15, 0.2) is 0 Å². The molecule has 1 rings (SSSR count). The second kappa shape index (κ2) is 6.85. The fourth-order valence-electron chi connectivity index (χ4n) is 1.19. The Labute approximate surface area is 100 Å². The summed E-state index contributed by atoms with van der Waals surface area (Å²) in [7, 11) is 2.96. The third kappa shape index (κ3) is 4.39. The van der Waals surface area contributed by atoms with Gasteiger partial charge in [0.05, 0.1) is 14.2 Å². The number of aliphatic hydroxyl groups excluding tert-OH is 1. The summed E-state index contributed by atoms with van der Waals surface area (Å²) in [6.45, 7) is 2.86. The van der Waals surface area contributed by atoms with Crippen molar-refractivity contribution in [3.63, 3.8) is 0 Å². The molecule has 1 aromatic heterocycles. The molecule has 7 heteroatoms. The predicted octanol–water partition coefficient (Wildman–Crippen LogP) is 0.319. The van der Waals surface area contributed by atoms with E-state index in [4.69, 9.17) is 14.6 Å². The molecule has 1 atom stereocenters. The summed E-state index contributed by atoms with van der Waals surface area (Å²) < 4.78 is 9.86. The maximum Gasteiger partial charge on any atom is 0.324 e. The largest absolute Gasteiger partial charge is 0.467 e. The van der Waals surface area contributed by atoms with Gasteiger partial charge in [0.25, 0.3) is 0 Å². The zero-order valence-corrected chi connectivity index (χ0v) is 10.3. The molecule has 0 aliphatic carbocycles. The number of hydrogen-bond acceptors (Lipinski definition) is 7. The third-order valence-electron chi connectivity index (χ3n) is 2.19. The van der Waals surface area contributed by atoms with Crippen LogP contribution in [-0.4, -0.2) is 47.4 Å². The van der Waals surface area contributed by atoms with Gasteiger partial charge in [-0.1, -0.05) is 6.92 Å². The van der Waals surface area contributed by atoms with E-state index in [1.807, 2.05) is 6.92 Å². The summed E-state index contributed by atoms with van der Waals surface area (Å²) in [6.07, 6.45) is 0.729. The number of aromatic nitrogens is 3. The van der Waals surface area contributed by atoms with Crippen LogP contribution >= 0.6 is 0 Å². The van der Waals surface area contributed by atoms with Crippen LogP contribution in [-0.2, 0) is 0 Å². The zero-order chi connectivity index (χ0) is 12.7. The molecule has 1 aromatic rings. The van der Waals surface area contributed by atoms with Crippen LogP contribution in [0.1, 0.15) is 13.3 Å². The van der Waals surface area contributed by atoms with Crippen LogP contribution in [0.15, 0.2) is 0 Å². The van der Waals surface area contributed by atoms with E-state index in [2.05, 4.69) is 20.3 Å². The summed E-state index contributed by atoms with van der Waals surface area (Å²) in [4.78, 5) is 12.0. The molecule has 7 nitrogen and oxygen atoms in total. The molecule has 0 amide bonds. The maximum absolute atomic E-state index is 8.79. The smallest absolute Gasteiger partial charge is 0.324 e. The van der Waals surface area contributed by atoms with Crippen LogP contribution in [0, 0.1) is 5.92 Å². The SMILES string of the molecule is COc1nc(NCC(C)CCO)nc(OC)n1. The molecule has 0 fully saturated rings. The molecule has 0 aliphatic heterocycles. The maximum atomic E-state index is 8.79. The molecular formula is C10H18N4O3. The monoisotopic (exact) mass is 242 g/mol. The van der Waals surface area contributed by atoms with Crippen LogP contribution in [0.25, 0.3) is 0 Å². The lowest BCUT2D eigenvalue weighted by Crippen LogP contribution is -2.15. The Morgan fingerprint density at radius 1 is 1.18 bits per heavy atom. The van der Waals surface area contributed by atoms with Crippen molar-refractivity contribution in [1.29, 1.82) is 0 Å². The van der Waals surface area contributed by atoms with Crippen molar-refractivity contribution >= 4 is 5.95 Å². The fraction of sp³-hybridized carbons (Fsp3) is 0.700. The topological polar surface area (TPSA) is 89.4 Å². The zero-order valence-electron chi connectivity index (χ0n) is 10.3. The van der Waals surface area contributed by atoms with E-state index < -0.39 is 0 Å². The lowest BCUT2D eigenvalue weighted by molar-refractivity contribution is 0.265. The summed E-state index contributed by atoms with van der Waals surface area (Å²) >= 11 is 0. The first-order valence-electron chi connectivity index (χ1n) is 5.38. The van der Waals surface area contributed by atoms with E-state index in [0.717, 1.165) is 6.42 Å². The van der Waals surface area contributed by atoms with Gasteiger partial charge in [0.1, 0.15) is 0 Å². The molecule has 0 saturated heterocycles. The highest BCUT2D eigenvalue weighted by Crippen LogP contribution is 2.12. The number of hydrogen-bond donors (Lipinski definition) is 2. The highest BCUT2D eigenvalue weighted by atomic mass is 16.5. The number of methoxy groups -OCH3 is 2. The number of nitrogens with one attached hydrogen (secondary N) is 1. The fourth-order valence-corrected chi connectivity index (χ4v) is 1.19. The van der Waals surface area contributed by atoms with E-state index in [9.17, 15) is 0 Å².